The monoisotopic (exact) mass is 386 g/mol. The lowest BCUT2D eigenvalue weighted by atomic mass is 10.0. The van der Waals surface area contributed by atoms with Crippen LogP contribution in [0.5, 0.6) is 0 Å². The number of methoxy groups -OCH3 is 1. The normalized spacial score (nSPS) is 13.5. The fraction of sp³-hybridized carbons (Fsp3) is 0.577. The van der Waals surface area contributed by atoms with E-state index < -0.39 is 0 Å². The van der Waals surface area contributed by atoms with Gasteiger partial charge in [-0.3, -0.25) is 0 Å². The third-order valence-corrected chi connectivity index (χ3v) is 4.75. The van der Waals surface area contributed by atoms with E-state index in [1.165, 1.54) is 35.8 Å². The minimum atomic E-state index is -0.267. The topological polar surface area (TPSA) is 26.3 Å². The van der Waals surface area contributed by atoms with Crippen LogP contribution in [0.3, 0.4) is 0 Å². The summed E-state index contributed by atoms with van der Waals surface area (Å²) in [7, 11) is 1.41. The zero-order valence-corrected chi connectivity index (χ0v) is 19.4. The average Bonchev–Trinajstić information content (AvgIpc) is 2.61. The van der Waals surface area contributed by atoms with Gasteiger partial charge < -0.3 is 4.74 Å². The number of hydrogen-bond donors (Lipinski definition) is 0. The van der Waals surface area contributed by atoms with Gasteiger partial charge in [-0.1, -0.05) is 52.2 Å². The molecule has 0 aromatic carbocycles. The van der Waals surface area contributed by atoms with Crippen molar-refractivity contribution in [3.05, 3.63) is 58.2 Å². The zero-order valence-electron chi connectivity index (χ0n) is 19.4. The molecule has 0 aromatic heterocycles. The van der Waals surface area contributed by atoms with Crippen molar-refractivity contribution >= 4 is 5.97 Å². The molecule has 28 heavy (non-hydrogen) atoms. The minimum Gasteiger partial charge on any atom is -0.466 e. The van der Waals surface area contributed by atoms with Crippen LogP contribution in [-0.2, 0) is 9.53 Å². The van der Waals surface area contributed by atoms with Crippen molar-refractivity contribution in [3.63, 3.8) is 0 Å². The van der Waals surface area contributed by atoms with Gasteiger partial charge in [0, 0.05) is 6.08 Å². The third-order valence-electron chi connectivity index (χ3n) is 4.75. The summed E-state index contributed by atoms with van der Waals surface area (Å²) in [6.45, 7) is 13.0. The molecule has 0 radical (unpaired) electrons. The number of esters is 1. The molecule has 0 fully saturated rings. The second kappa shape index (κ2) is 16.2. The molecule has 2 heteroatoms. The summed E-state index contributed by atoms with van der Waals surface area (Å²) in [6.07, 6.45) is 19.7. The number of allylic oxidation sites excluding steroid dienone is 9. The summed E-state index contributed by atoms with van der Waals surface area (Å²) in [4.78, 5) is 11.2. The molecule has 0 aliphatic heterocycles. The summed E-state index contributed by atoms with van der Waals surface area (Å²) in [5.41, 5.74) is 6.88. The van der Waals surface area contributed by atoms with Gasteiger partial charge in [0.25, 0.3) is 0 Å². The molecule has 0 saturated carbocycles. The predicted octanol–water partition coefficient (Wildman–Crippen LogP) is 8.03. The number of hydrogen-bond acceptors (Lipinski definition) is 2. The summed E-state index contributed by atoms with van der Waals surface area (Å²) >= 11 is 0. The molecule has 0 spiro atoms. The molecule has 0 unspecified atom stereocenters. The Morgan fingerprint density at radius 2 is 0.964 bits per heavy atom. The Balaban J connectivity index is 4.11. The van der Waals surface area contributed by atoms with Crippen molar-refractivity contribution in [2.24, 2.45) is 0 Å². The van der Waals surface area contributed by atoms with Crippen molar-refractivity contribution in [1.29, 1.82) is 0 Å². The SMILES string of the molecule is COC(=O)C=C(C)CCC=C(C)CCC=C(C)CCC=C(C)CCC=C(C)C. The number of rotatable bonds is 13. The van der Waals surface area contributed by atoms with E-state index in [9.17, 15) is 4.79 Å². The first-order valence-corrected chi connectivity index (χ1v) is 10.6. The van der Waals surface area contributed by atoms with Crippen molar-refractivity contribution in [3.8, 4) is 0 Å². The van der Waals surface area contributed by atoms with Crippen LogP contribution in [0.1, 0.15) is 92.9 Å². The highest BCUT2D eigenvalue weighted by molar-refractivity contribution is 5.82. The van der Waals surface area contributed by atoms with E-state index in [1.807, 2.05) is 6.92 Å². The molecule has 0 atom stereocenters. The van der Waals surface area contributed by atoms with Gasteiger partial charge in [0.05, 0.1) is 7.11 Å². The van der Waals surface area contributed by atoms with Crippen LogP contribution in [0, 0.1) is 0 Å². The highest BCUT2D eigenvalue weighted by Crippen LogP contribution is 2.14. The number of ether oxygens (including phenoxy) is 1. The lowest BCUT2D eigenvalue weighted by Gasteiger charge is -2.03. The minimum absolute atomic E-state index is 0.267. The maximum atomic E-state index is 11.2. The summed E-state index contributed by atoms with van der Waals surface area (Å²) in [6, 6.07) is 0. The lowest BCUT2D eigenvalue weighted by Crippen LogP contribution is -1.95. The molecule has 0 rings (SSSR count). The van der Waals surface area contributed by atoms with Gasteiger partial charge in [-0.05, 0) is 92.9 Å². The van der Waals surface area contributed by atoms with Gasteiger partial charge in [0.1, 0.15) is 0 Å². The molecule has 0 aliphatic rings. The fourth-order valence-corrected chi connectivity index (χ4v) is 2.87. The Labute approximate surface area is 174 Å². The van der Waals surface area contributed by atoms with Gasteiger partial charge in [-0.2, -0.15) is 0 Å². The number of carbonyl (C=O) groups excluding carboxylic acids is 1. The van der Waals surface area contributed by atoms with E-state index in [1.54, 1.807) is 6.08 Å². The summed E-state index contributed by atoms with van der Waals surface area (Å²) < 4.78 is 4.65. The van der Waals surface area contributed by atoms with Crippen LogP contribution < -0.4 is 0 Å². The Kier molecular flexibility index (Phi) is 15.1. The smallest absolute Gasteiger partial charge is 0.330 e. The Morgan fingerprint density at radius 3 is 1.32 bits per heavy atom. The van der Waals surface area contributed by atoms with Gasteiger partial charge in [0.2, 0.25) is 0 Å². The summed E-state index contributed by atoms with van der Waals surface area (Å²) in [5.74, 6) is -0.267. The highest BCUT2D eigenvalue weighted by atomic mass is 16.5. The first-order valence-electron chi connectivity index (χ1n) is 10.6. The van der Waals surface area contributed by atoms with Crippen LogP contribution in [0.2, 0.25) is 0 Å². The molecule has 0 bridgehead atoms. The van der Waals surface area contributed by atoms with Crippen molar-refractivity contribution < 1.29 is 9.53 Å². The Bertz CT molecular complexity index is 608. The van der Waals surface area contributed by atoms with Crippen molar-refractivity contribution in [1.82, 2.24) is 0 Å². The van der Waals surface area contributed by atoms with Gasteiger partial charge in [0.15, 0.2) is 0 Å². The second-order valence-electron chi connectivity index (χ2n) is 8.10. The van der Waals surface area contributed by atoms with E-state index in [0.29, 0.717) is 0 Å². The van der Waals surface area contributed by atoms with E-state index in [0.717, 1.165) is 50.5 Å². The Morgan fingerprint density at radius 1 is 0.607 bits per heavy atom. The predicted molar refractivity (Wildman–Crippen MR) is 123 cm³/mol. The Hall–Kier alpha value is -1.83. The van der Waals surface area contributed by atoms with Crippen molar-refractivity contribution in [2.75, 3.05) is 7.11 Å². The largest absolute Gasteiger partial charge is 0.466 e. The third kappa shape index (κ3) is 16.4. The van der Waals surface area contributed by atoms with Crippen LogP contribution in [0.15, 0.2) is 58.2 Å². The lowest BCUT2D eigenvalue weighted by molar-refractivity contribution is -0.134. The second-order valence-corrected chi connectivity index (χ2v) is 8.10. The first-order chi connectivity index (χ1) is 13.2. The molecule has 0 saturated heterocycles. The molecule has 2 nitrogen and oxygen atoms in total. The average molecular weight is 387 g/mol. The van der Waals surface area contributed by atoms with Gasteiger partial charge in [-0.25, -0.2) is 4.79 Å². The molecular weight excluding hydrogens is 344 g/mol. The van der Waals surface area contributed by atoms with E-state index in [4.69, 9.17) is 0 Å². The van der Waals surface area contributed by atoms with Crippen LogP contribution >= 0.6 is 0 Å². The maximum Gasteiger partial charge on any atom is 0.330 e. The molecule has 0 amide bonds. The molecular formula is C26H42O2. The van der Waals surface area contributed by atoms with E-state index in [2.05, 4.69) is 63.7 Å². The van der Waals surface area contributed by atoms with Crippen molar-refractivity contribution in [2.45, 2.75) is 92.9 Å². The first kappa shape index (κ1) is 26.2. The number of carbonyl (C=O) groups is 1. The molecule has 0 aromatic rings. The fourth-order valence-electron chi connectivity index (χ4n) is 2.87. The van der Waals surface area contributed by atoms with Crippen LogP contribution in [-0.4, -0.2) is 13.1 Å². The van der Waals surface area contributed by atoms with Gasteiger partial charge in [-0.15, -0.1) is 0 Å². The zero-order chi connectivity index (χ0) is 21.4. The van der Waals surface area contributed by atoms with Crippen LogP contribution in [0.25, 0.3) is 0 Å². The quantitative estimate of drug-likeness (QED) is 0.182. The van der Waals surface area contributed by atoms with Gasteiger partial charge >= 0.3 is 5.97 Å². The molecule has 158 valence electrons. The van der Waals surface area contributed by atoms with E-state index in [-0.39, 0.29) is 5.97 Å². The van der Waals surface area contributed by atoms with Crippen LogP contribution in [0.4, 0.5) is 0 Å². The molecule has 0 N–H and O–H groups in total. The summed E-state index contributed by atoms with van der Waals surface area (Å²) in [5, 5.41) is 0. The maximum absolute atomic E-state index is 11.2. The van der Waals surface area contributed by atoms with E-state index >= 15 is 0 Å². The molecule has 0 aliphatic carbocycles. The highest BCUT2D eigenvalue weighted by Gasteiger charge is 1.97. The standard InChI is InChI=1S/C26H42O2/c1-21(2)12-8-13-22(3)14-9-15-23(4)16-10-17-24(5)18-11-19-25(6)20-26(27)28-7/h12,14,16,18,20H,8-11,13,15,17,19H2,1-7H3. The molecule has 0 heterocycles.